The fourth-order valence-corrected chi connectivity index (χ4v) is 2.38. The number of nitrogens with one attached hydrogen (secondary N) is 1. The van der Waals surface area contributed by atoms with Crippen LogP contribution in [0.1, 0.15) is 36.2 Å². The average molecular weight is 385 g/mol. The van der Waals surface area contributed by atoms with E-state index >= 15 is 0 Å². The molecule has 0 fully saturated rings. The molecule has 0 aliphatic rings. The van der Waals surface area contributed by atoms with Gasteiger partial charge in [-0.15, -0.1) is 0 Å². The molecule has 0 aliphatic heterocycles. The van der Waals surface area contributed by atoms with Crippen molar-refractivity contribution in [2.75, 3.05) is 20.3 Å². The standard InChI is InChI=1S/C22H27NO5/c1-16(2)11-12-27-19-10-9-18(13-20(19)26-3)22(25)28-15-21(24)23-14-17-7-5-4-6-8-17/h4-10,13,16H,11-12,14-15H2,1-3H3,(H,23,24). The molecule has 6 heteroatoms. The van der Waals surface area contributed by atoms with Crippen molar-refractivity contribution in [2.24, 2.45) is 5.92 Å². The van der Waals surface area contributed by atoms with E-state index in [1.807, 2.05) is 30.3 Å². The van der Waals surface area contributed by atoms with Gasteiger partial charge in [-0.25, -0.2) is 4.79 Å². The zero-order valence-electron chi connectivity index (χ0n) is 16.6. The molecular weight excluding hydrogens is 358 g/mol. The molecule has 0 heterocycles. The van der Waals surface area contributed by atoms with Crippen molar-refractivity contribution < 1.29 is 23.8 Å². The second-order valence-electron chi connectivity index (χ2n) is 6.74. The third kappa shape index (κ3) is 6.95. The monoisotopic (exact) mass is 385 g/mol. The van der Waals surface area contributed by atoms with E-state index in [0.29, 0.717) is 36.1 Å². The molecular formula is C22H27NO5. The van der Waals surface area contributed by atoms with Crippen molar-refractivity contribution >= 4 is 11.9 Å². The second-order valence-corrected chi connectivity index (χ2v) is 6.74. The molecule has 0 unspecified atom stereocenters. The molecule has 2 aromatic carbocycles. The largest absolute Gasteiger partial charge is 0.493 e. The van der Waals surface area contributed by atoms with Gasteiger partial charge in [-0.3, -0.25) is 4.79 Å². The molecule has 28 heavy (non-hydrogen) atoms. The van der Waals surface area contributed by atoms with Crippen LogP contribution < -0.4 is 14.8 Å². The summed E-state index contributed by atoms with van der Waals surface area (Å²) in [4.78, 5) is 24.1. The first kappa shape index (κ1) is 21.3. The minimum atomic E-state index is -0.595. The van der Waals surface area contributed by atoms with Crippen LogP contribution >= 0.6 is 0 Å². The highest BCUT2D eigenvalue weighted by Crippen LogP contribution is 2.28. The van der Waals surface area contributed by atoms with Gasteiger partial charge in [0.05, 0.1) is 19.3 Å². The molecule has 6 nitrogen and oxygen atoms in total. The Morgan fingerprint density at radius 2 is 1.79 bits per heavy atom. The summed E-state index contributed by atoms with van der Waals surface area (Å²) in [5.74, 6) is 0.597. The average Bonchev–Trinajstić information content (AvgIpc) is 2.71. The number of hydrogen-bond donors (Lipinski definition) is 1. The number of methoxy groups -OCH3 is 1. The molecule has 0 spiro atoms. The summed E-state index contributed by atoms with van der Waals surface area (Å²) in [5, 5.41) is 2.71. The van der Waals surface area contributed by atoms with E-state index in [4.69, 9.17) is 14.2 Å². The van der Waals surface area contributed by atoms with E-state index in [-0.39, 0.29) is 12.5 Å². The second kappa shape index (κ2) is 11.0. The van der Waals surface area contributed by atoms with E-state index < -0.39 is 5.97 Å². The van der Waals surface area contributed by atoms with Crippen LogP contribution in [0.3, 0.4) is 0 Å². The number of ether oxygens (including phenoxy) is 3. The van der Waals surface area contributed by atoms with Crippen molar-refractivity contribution in [1.29, 1.82) is 0 Å². The summed E-state index contributed by atoms with van der Waals surface area (Å²) in [6.07, 6.45) is 0.922. The first-order chi connectivity index (χ1) is 13.5. The van der Waals surface area contributed by atoms with Crippen molar-refractivity contribution in [1.82, 2.24) is 5.32 Å². The van der Waals surface area contributed by atoms with Crippen LogP contribution in [0.25, 0.3) is 0 Å². The highest BCUT2D eigenvalue weighted by molar-refractivity contribution is 5.92. The maximum Gasteiger partial charge on any atom is 0.338 e. The third-order valence-corrected chi connectivity index (χ3v) is 4.02. The Bertz CT molecular complexity index is 774. The van der Waals surface area contributed by atoms with Crippen molar-refractivity contribution in [2.45, 2.75) is 26.8 Å². The Labute approximate surface area is 165 Å². The molecule has 0 saturated carbocycles. The lowest BCUT2D eigenvalue weighted by atomic mass is 10.1. The van der Waals surface area contributed by atoms with Gasteiger partial charge in [0.2, 0.25) is 0 Å². The van der Waals surface area contributed by atoms with Gasteiger partial charge in [0.1, 0.15) is 0 Å². The maximum absolute atomic E-state index is 12.2. The molecule has 1 N–H and O–H groups in total. The molecule has 0 aromatic heterocycles. The minimum Gasteiger partial charge on any atom is -0.493 e. The van der Waals surface area contributed by atoms with Crippen molar-refractivity contribution in [3.05, 3.63) is 59.7 Å². The lowest BCUT2D eigenvalue weighted by Crippen LogP contribution is -2.28. The van der Waals surface area contributed by atoms with E-state index in [1.54, 1.807) is 18.2 Å². The summed E-state index contributed by atoms with van der Waals surface area (Å²) in [5.41, 5.74) is 1.27. The fraction of sp³-hybridized carbons (Fsp3) is 0.364. The van der Waals surface area contributed by atoms with Gasteiger partial charge in [0.15, 0.2) is 18.1 Å². The number of amides is 1. The van der Waals surface area contributed by atoms with Crippen molar-refractivity contribution in [3.8, 4) is 11.5 Å². The predicted molar refractivity (Wildman–Crippen MR) is 107 cm³/mol. The molecule has 150 valence electrons. The molecule has 0 radical (unpaired) electrons. The van der Waals surface area contributed by atoms with E-state index in [2.05, 4.69) is 19.2 Å². The molecule has 0 saturated heterocycles. The summed E-state index contributed by atoms with van der Waals surface area (Å²) < 4.78 is 16.1. The molecule has 0 bridgehead atoms. The topological polar surface area (TPSA) is 73.9 Å². The summed E-state index contributed by atoms with van der Waals surface area (Å²) in [7, 11) is 1.51. The number of hydrogen-bond acceptors (Lipinski definition) is 5. The number of carbonyl (C=O) groups is 2. The summed E-state index contributed by atoms with van der Waals surface area (Å²) in [6.45, 7) is 4.85. The Morgan fingerprint density at radius 3 is 2.46 bits per heavy atom. The van der Waals surface area contributed by atoms with Gasteiger partial charge in [-0.2, -0.15) is 0 Å². The zero-order valence-corrected chi connectivity index (χ0v) is 16.6. The van der Waals surface area contributed by atoms with Crippen LogP contribution in [0.5, 0.6) is 11.5 Å². The smallest absolute Gasteiger partial charge is 0.338 e. The quantitative estimate of drug-likeness (QED) is 0.633. The first-order valence-corrected chi connectivity index (χ1v) is 9.28. The number of carbonyl (C=O) groups excluding carboxylic acids is 2. The van der Waals surface area contributed by atoms with Crippen molar-refractivity contribution in [3.63, 3.8) is 0 Å². The molecule has 0 atom stereocenters. The third-order valence-electron chi connectivity index (χ3n) is 4.02. The molecule has 1 amide bonds. The van der Waals surface area contributed by atoms with Crippen LogP contribution in [0.2, 0.25) is 0 Å². The van der Waals surface area contributed by atoms with Crippen LogP contribution in [0.15, 0.2) is 48.5 Å². The number of benzene rings is 2. The van der Waals surface area contributed by atoms with Gasteiger partial charge in [-0.05, 0) is 36.1 Å². The highest BCUT2D eigenvalue weighted by atomic mass is 16.5. The Morgan fingerprint density at radius 1 is 1.04 bits per heavy atom. The van der Waals surface area contributed by atoms with Gasteiger partial charge < -0.3 is 19.5 Å². The van der Waals surface area contributed by atoms with E-state index in [0.717, 1.165) is 12.0 Å². The van der Waals surface area contributed by atoms with Crippen LogP contribution in [-0.4, -0.2) is 32.2 Å². The first-order valence-electron chi connectivity index (χ1n) is 9.28. The highest BCUT2D eigenvalue weighted by Gasteiger charge is 2.14. The van der Waals surface area contributed by atoms with Crippen LogP contribution in [0.4, 0.5) is 0 Å². The van der Waals surface area contributed by atoms with Crippen LogP contribution in [-0.2, 0) is 16.1 Å². The SMILES string of the molecule is COc1cc(C(=O)OCC(=O)NCc2ccccc2)ccc1OCCC(C)C. The molecule has 2 rings (SSSR count). The number of rotatable bonds is 10. The normalized spacial score (nSPS) is 10.4. The van der Waals surface area contributed by atoms with Gasteiger partial charge >= 0.3 is 5.97 Å². The van der Waals surface area contributed by atoms with Gasteiger partial charge in [-0.1, -0.05) is 44.2 Å². The fourth-order valence-electron chi connectivity index (χ4n) is 2.38. The molecule has 2 aromatic rings. The summed E-state index contributed by atoms with van der Waals surface area (Å²) >= 11 is 0. The van der Waals surface area contributed by atoms with E-state index in [1.165, 1.54) is 7.11 Å². The van der Waals surface area contributed by atoms with E-state index in [9.17, 15) is 9.59 Å². The van der Waals surface area contributed by atoms with Gasteiger partial charge in [0.25, 0.3) is 5.91 Å². The Kier molecular flexibility index (Phi) is 8.34. The Balaban J connectivity index is 1.84. The maximum atomic E-state index is 12.2. The summed E-state index contributed by atoms with van der Waals surface area (Å²) in [6, 6.07) is 14.3. The lowest BCUT2D eigenvalue weighted by molar-refractivity contribution is -0.124. The van der Waals surface area contributed by atoms with Crippen LogP contribution in [0, 0.1) is 5.92 Å². The predicted octanol–water partition coefficient (Wildman–Crippen LogP) is 3.59. The lowest BCUT2D eigenvalue weighted by Gasteiger charge is -2.13. The number of esters is 1. The zero-order chi connectivity index (χ0) is 20.4. The van der Waals surface area contributed by atoms with Gasteiger partial charge in [0, 0.05) is 6.54 Å². The molecule has 0 aliphatic carbocycles. The minimum absolute atomic E-state index is 0.295. The Hall–Kier alpha value is -3.02.